The predicted octanol–water partition coefficient (Wildman–Crippen LogP) is 2.35. The third-order valence-corrected chi connectivity index (χ3v) is 6.56. The second kappa shape index (κ2) is 9.21. The summed E-state index contributed by atoms with van der Waals surface area (Å²) in [6, 6.07) is 11.3. The van der Waals surface area contributed by atoms with E-state index in [-0.39, 0.29) is 49.6 Å². The van der Waals surface area contributed by atoms with Gasteiger partial charge in [-0.25, -0.2) is 18.4 Å². The Morgan fingerprint density at radius 3 is 2.19 bits per heavy atom. The highest BCUT2D eigenvalue weighted by molar-refractivity contribution is 6.10. The molecule has 0 aromatic heterocycles. The summed E-state index contributed by atoms with van der Waals surface area (Å²) in [6.07, 6.45) is 0. The Morgan fingerprint density at radius 1 is 1.06 bits per heavy atom. The zero-order valence-corrected chi connectivity index (χ0v) is 20.1. The molecule has 0 atom stereocenters. The minimum atomic E-state index is -3.00. The Kier molecular flexibility index (Phi) is 6.42. The molecule has 2 fully saturated rings. The molecule has 2 aromatic rings. The number of nitrogens with zero attached hydrogens (tertiary/aromatic N) is 3. The Labute approximate surface area is 206 Å². The van der Waals surface area contributed by atoms with E-state index < -0.39 is 17.4 Å². The summed E-state index contributed by atoms with van der Waals surface area (Å²) in [6.45, 7) is 0.552. The van der Waals surface area contributed by atoms with Gasteiger partial charge in [0.2, 0.25) is 5.91 Å². The van der Waals surface area contributed by atoms with Gasteiger partial charge in [-0.1, -0.05) is 24.3 Å². The molecule has 0 aliphatic carbocycles. The van der Waals surface area contributed by atoms with Crippen molar-refractivity contribution in [1.82, 2.24) is 15.1 Å². The number of hydrogen-bond acceptors (Lipinski definition) is 5. The lowest BCUT2D eigenvalue weighted by Gasteiger charge is -2.57. The number of ether oxygens (including phenoxy) is 1. The van der Waals surface area contributed by atoms with Crippen molar-refractivity contribution in [2.45, 2.75) is 24.9 Å². The first-order chi connectivity index (χ1) is 17.0. The highest BCUT2D eigenvalue weighted by atomic mass is 19.3. The molecule has 4 amide bonds. The van der Waals surface area contributed by atoms with Gasteiger partial charge < -0.3 is 24.8 Å². The highest BCUT2D eigenvalue weighted by Crippen LogP contribution is 2.37. The van der Waals surface area contributed by atoms with Crippen LogP contribution in [0.1, 0.15) is 28.4 Å². The monoisotopic (exact) mass is 500 g/mol. The fraction of sp³-hybridized carbons (Fsp3) is 0.360. The SMILES string of the molecule is CNC(=O)N1CC2(C1)C(=O)N(c1ccc(C(=O)OC)cc1)CC(=O)N2Cc1ccc(C(C)(F)F)cc1. The van der Waals surface area contributed by atoms with Crippen LogP contribution in [0.4, 0.5) is 19.3 Å². The van der Waals surface area contributed by atoms with Gasteiger partial charge >= 0.3 is 12.0 Å². The van der Waals surface area contributed by atoms with Crippen molar-refractivity contribution in [3.8, 4) is 0 Å². The fourth-order valence-electron chi connectivity index (χ4n) is 4.52. The number of carbonyl (C=O) groups is 4. The van der Waals surface area contributed by atoms with Crippen molar-refractivity contribution in [3.63, 3.8) is 0 Å². The third-order valence-electron chi connectivity index (χ3n) is 6.56. The van der Waals surface area contributed by atoms with Gasteiger partial charge in [-0.3, -0.25) is 9.59 Å². The quantitative estimate of drug-likeness (QED) is 0.636. The number of urea groups is 1. The Bertz CT molecular complexity index is 1190. The third kappa shape index (κ3) is 4.36. The maximum absolute atomic E-state index is 13.8. The van der Waals surface area contributed by atoms with Gasteiger partial charge in [0, 0.05) is 31.8 Å². The molecule has 2 saturated heterocycles. The van der Waals surface area contributed by atoms with Crippen LogP contribution in [0, 0.1) is 0 Å². The van der Waals surface area contributed by atoms with Crippen LogP contribution in [-0.4, -0.2) is 72.9 Å². The maximum Gasteiger partial charge on any atom is 0.337 e. The summed E-state index contributed by atoms with van der Waals surface area (Å²) in [5.41, 5.74) is -0.163. The Hall–Kier alpha value is -4.02. The zero-order chi connectivity index (χ0) is 26.3. The highest BCUT2D eigenvalue weighted by Gasteiger charge is 2.60. The minimum Gasteiger partial charge on any atom is -0.465 e. The number of carbonyl (C=O) groups excluding carboxylic acids is 4. The van der Waals surface area contributed by atoms with E-state index in [1.54, 1.807) is 12.1 Å². The first kappa shape index (κ1) is 25.1. The van der Waals surface area contributed by atoms with Gasteiger partial charge in [-0.2, -0.15) is 0 Å². The van der Waals surface area contributed by atoms with E-state index in [9.17, 15) is 28.0 Å². The summed E-state index contributed by atoms with van der Waals surface area (Å²) >= 11 is 0. The van der Waals surface area contributed by atoms with Crippen LogP contribution < -0.4 is 10.2 Å². The van der Waals surface area contributed by atoms with Crippen molar-refractivity contribution < 1.29 is 32.7 Å². The molecular weight excluding hydrogens is 474 g/mol. The number of methoxy groups -OCH3 is 1. The van der Waals surface area contributed by atoms with E-state index in [1.165, 1.54) is 65.3 Å². The first-order valence-electron chi connectivity index (χ1n) is 11.2. The number of amides is 4. The van der Waals surface area contributed by atoms with Gasteiger partial charge in [0.15, 0.2) is 5.54 Å². The van der Waals surface area contributed by atoms with Crippen molar-refractivity contribution >= 4 is 29.5 Å². The Balaban J connectivity index is 1.63. The number of nitrogens with one attached hydrogen (secondary N) is 1. The van der Waals surface area contributed by atoms with Gasteiger partial charge in [0.25, 0.3) is 11.8 Å². The van der Waals surface area contributed by atoms with Crippen molar-refractivity contribution in [2.75, 3.05) is 38.7 Å². The normalized spacial score (nSPS) is 17.2. The summed E-state index contributed by atoms with van der Waals surface area (Å²) in [5, 5.41) is 2.51. The minimum absolute atomic E-state index is 0.0148. The number of rotatable bonds is 5. The topological polar surface area (TPSA) is 99.3 Å². The van der Waals surface area contributed by atoms with Crippen LogP contribution in [0.15, 0.2) is 48.5 Å². The first-order valence-corrected chi connectivity index (χ1v) is 11.2. The number of alkyl halides is 2. The van der Waals surface area contributed by atoms with E-state index in [4.69, 9.17) is 4.74 Å². The molecule has 190 valence electrons. The largest absolute Gasteiger partial charge is 0.465 e. The molecule has 36 heavy (non-hydrogen) atoms. The molecule has 4 rings (SSSR count). The summed E-state index contributed by atoms with van der Waals surface area (Å²) in [5.74, 6) is -4.25. The number of anilines is 1. The molecule has 9 nitrogen and oxygen atoms in total. The molecule has 1 spiro atoms. The summed E-state index contributed by atoms with van der Waals surface area (Å²) < 4.78 is 31.9. The smallest absolute Gasteiger partial charge is 0.337 e. The van der Waals surface area contributed by atoms with Gasteiger partial charge in [0.05, 0.1) is 25.8 Å². The number of hydrogen-bond donors (Lipinski definition) is 1. The molecule has 11 heteroatoms. The number of benzene rings is 2. The van der Waals surface area contributed by atoms with E-state index >= 15 is 0 Å². The van der Waals surface area contributed by atoms with E-state index in [2.05, 4.69) is 5.32 Å². The molecule has 2 aliphatic heterocycles. The maximum atomic E-state index is 13.8. The van der Waals surface area contributed by atoms with Gasteiger partial charge in [-0.15, -0.1) is 0 Å². The second-order valence-corrected chi connectivity index (χ2v) is 8.94. The molecule has 2 aromatic carbocycles. The second-order valence-electron chi connectivity index (χ2n) is 8.94. The molecule has 0 saturated carbocycles. The number of piperazine rings is 1. The predicted molar refractivity (Wildman–Crippen MR) is 125 cm³/mol. The van der Waals surface area contributed by atoms with Crippen molar-refractivity contribution in [1.29, 1.82) is 0 Å². The summed E-state index contributed by atoms with van der Waals surface area (Å²) in [7, 11) is 2.73. The molecular formula is C25H26F2N4O5. The average Bonchev–Trinajstić information content (AvgIpc) is 2.84. The number of halogens is 2. The lowest BCUT2D eigenvalue weighted by atomic mass is 9.83. The van der Waals surface area contributed by atoms with Crippen LogP contribution in [0.3, 0.4) is 0 Å². The van der Waals surface area contributed by atoms with Gasteiger partial charge in [-0.05, 0) is 29.8 Å². The average molecular weight is 501 g/mol. The molecule has 0 bridgehead atoms. The van der Waals surface area contributed by atoms with Crippen LogP contribution >= 0.6 is 0 Å². The van der Waals surface area contributed by atoms with Crippen molar-refractivity contribution in [3.05, 3.63) is 65.2 Å². The number of esters is 1. The molecule has 2 heterocycles. The fourth-order valence-corrected chi connectivity index (χ4v) is 4.52. The van der Waals surface area contributed by atoms with Crippen molar-refractivity contribution in [2.24, 2.45) is 0 Å². The van der Waals surface area contributed by atoms with Crippen LogP contribution in [-0.2, 0) is 26.8 Å². The molecule has 2 aliphatic rings. The van der Waals surface area contributed by atoms with E-state index in [0.29, 0.717) is 16.8 Å². The standard InChI is InChI=1S/C25H26F2N4O5/c1-24(26,27)18-8-4-16(5-9-18)12-31-20(32)13-30(19-10-6-17(7-11-19)21(33)36-3)22(34)25(31)14-29(15-25)23(35)28-2/h4-11H,12-15H2,1-3H3,(H,28,35). The molecule has 0 radical (unpaired) electrons. The van der Waals surface area contributed by atoms with Gasteiger partial charge in [0.1, 0.15) is 6.54 Å². The van der Waals surface area contributed by atoms with Crippen LogP contribution in [0.2, 0.25) is 0 Å². The zero-order valence-electron chi connectivity index (χ0n) is 20.1. The Morgan fingerprint density at radius 2 is 1.67 bits per heavy atom. The van der Waals surface area contributed by atoms with Crippen LogP contribution in [0.5, 0.6) is 0 Å². The summed E-state index contributed by atoms with van der Waals surface area (Å²) in [4.78, 5) is 55.2. The van der Waals surface area contributed by atoms with E-state index in [1.807, 2.05) is 0 Å². The van der Waals surface area contributed by atoms with Crippen LogP contribution in [0.25, 0.3) is 0 Å². The lowest BCUT2D eigenvalue weighted by molar-refractivity contribution is -0.161. The lowest BCUT2D eigenvalue weighted by Crippen LogP contribution is -2.81. The molecule has 0 unspecified atom stereocenters. The van der Waals surface area contributed by atoms with E-state index in [0.717, 1.165) is 6.92 Å². The molecule has 1 N–H and O–H groups in total. The number of likely N-dealkylation sites (tertiary alicyclic amines) is 1.